The van der Waals surface area contributed by atoms with Crippen molar-refractivity contribution in [3.05, 3.63) is 111 Å². The van der Waals surface area contributed by atoms with Crippen LogP contribution in [-0.4, -0.2) is 5.78 Å². The summed E-state index contributed by atoms with van der Waals surface area (Å²) in [5, 5.41) is 0. The Morgan fingerprint density at radius 3 is 1.44 bits per heavy atom. The monoisotopic (exact) mass is 490 g/mol. The summed E-state index contributed by atoms with van der Waals surface area (Å²) in [6.07, 6.45) is 7.44. The minimum Gasteiger partial charge on any atom is -0.461 e. The number of aryl methyl sites for hydroxylation is 1. The molecule has 0 aliphatic carbocycles. The lowest BCUT2D eigenvalue weighted by Gasteiger charge is -2.25. The number of rotatable bonds is 15. The molecule has 0 amide bonds. The molecular formula is C29H30O7. The van der Waals surface area contributed by atoms with Crippen molar-refractivity contribution in [3.8, 4) is 34.5 Å². The topological polar surface area (TPSA) is 72.5 Å². The van der Waals surface area contributed by atoms with Crippen molar-refractivity contribution in [2.45, 2.75) is 26.7 Å². The number of carbonyl (C=O) groups excluding carboxylic acids is 1. The molecule has 0 spiro atoms. The molecule has 2 aromatic carbocycles. The number of hydrogen-bond acceptors (Lipinski definition) is 7. The Morgan fingerprint density at radius 1 is 0.639 bits per heavy atom. The number of benzene rings is 2. The van der Waals surface area contributed by atoms with Crippen LogP contribution >= 0.6 is 0 Å². The van der Waals surface area contributed by atoms with Gasteiger partial charge >= 0.3 is 0 Å². The maximum absolute atomic E-state index is 12.6. The van der Waals surface area contributed by atoms with Crippen LogP contribution in [0.2, 0.25) is 0 Å². The van der Waals surface area contributed by atoms with Crippen molar-refractivity contribution in [2.24, 2.45) is 0 Å². The second-order valence-electron chi connectivity index (χ2n) is 7.26. The summed E-state index contributed by atoms with van der Waals surface area (Å²) in [4.78, 5) is 12.6. The van der Waals surface area contributed by atoms with Crippen LogP contribution in [0, 0.1) is 6.92 Å². The third-order valence-corrected chi connectivity index (χ3v) is 5.14. The van der Waals surface area contributed by atoms with E-state index in [1.54, 1.807) is 6.07 Å². The van der Waals surface area contributed by atoms with Gasteiger partial charge in [-0.05, 0) is 31.5 Å². The van der Waals surface area contributed by atoms with Crippen molar-refractivity contribution in [3.63, 3.8) is 0 Å². The summed E-state index contributed by atoms with van der Waals surface area (Å²) >= 11 is 0. The average Bonchev–Trinajstić information content (AvgIpc) is 2.84. The zero-order valence-corrected chi connectivity index (χ0v) is 20.8. The zero-order chi connectivity index (χ0) is 26.8. The SMILES string of the molecule is C=COc1c(C)cc(C(C)c2cc(C(C)=O)c(OC=C)c(OC=C)c2OC=C)c(OC=C)c1OC=C. The fraction of sp³-hybridized carbons (Fsp3) is 0.138. The van der Waals surface area contributed by atoms with Gasteiger partial charge in [0.2, 0.25) is 11.5 Å². The molecule has 0 aromatic heterocycles. The van der Waals surface area contributed by atoms with Gasteiger partial charge in [-0.1, -0.05) is 46.4 Å². The number of carbonyl (C=O) groups is 1. The third kappa shape index (κ3) is 5.52. The van der Waals surface area contributed by atoms with E-state index < -0.39 is 5.92 Å². The van der Waals surface area contributed by atoms with Crippen molar-refractivity contribution in [1.82, 2.24) is 0 Å². The largest absolute Gasteiger partial charge is 0.461 e. The van der Waals surface area contributed by atoms with Crippen LogP contribution in [0.5, 0.6) is 34.5 Å². The Labute approximate surface area is 211 Å². The summed E-state index contributed by atoms with van der Waals surface area (Å²) in [6.45, 7) is 27.0. The summed E-state index contributed by atoms with van der Waals surface area (Å²) in [6, 6.07) is 3.53. The van der Waals surface area contributed by atoms with Gasteiger partial charge < -0.3 is 28.4 Å². The van der Waals surface area contributed by atoms with Crippen molar-refractivity contribution >= 4 is 5.78 Å². The molecule has 7 heteroatoms. The van der Waals surface area contributed by atoms with E-state index in [2.05, 4.69) is 39.5 Å². The Balaban J connectivity index is 3.00. The van der Waals surface area contributed by atoms with Gasteiger partial charge in [-0.3, -0.25) is 4.79 Å². The van der Waals surface area contributed by atoms with Crippen molar-refractivity contribution in [2.75, 3.05) is 0 Å². The molecule has 2 aromatic rings. The number of ether oxygens (including phenoxy) is 6. The van der Waals surface area contributed by atoms with Gasteiger partial charge in [-0.25, -0.2) is 0 Å². The molecule has 0 bridgehead atoms. The molecule has 36 heavy (non-hydrogen) atoms. The lowest BCUT2D eigenvalue weighted by atomic mass is 9.88. The minimum atomic E-state index is -0.443. The quantitative estimate of drug-likeness (QED) is 0.189. The van der Waals surface area contributed by atoms with E-state index in [1.165, 1.54) is 44.5 Å². The van der Waals surface area contributed by atoms with Gasteiger partial charge in [-0.2, -0.15) is 0 Å². The Kier molecular flexibility index (Phi) is 9.74. The molecule has 0 aliphatic heterocycles. The van der Waals surface area contributed by atoms with Crippen LogP contribution in [0.4, 0.5) is 0 Å². The van der Waals surface area contributed by atoms with Crippen molar-refractivity contribution in [1.29, 1.82) is 0 Å². The normalized spacial score (nSPS) is 10.8. The Bertz CT molecular complexity index is 1210. The summed E-state index contributed by atoms with van der Waals surface area (Å²) in [7, 11) is 0. The highest BCUT2D eigenvalue weighted by Crippen LogP contribution is 2.51. The Morgan fingerprint density at radius 2 is 1.00 bits per heavy atom. The molecule has 2 rings (SSSR count). The van der Waals surface area contributed by atoms with Crippen LogP contribution < -0.4 is 28.4 Å². The predicted molar refractivity (Wildman–Crippen MR) is 140 cm³/mol. The average molecular weight is 491 g/mol. The third-order valence-electron chi connectivity index (χ3n) is 5.14. The molecule has 7 nitrogen and oxygen atoms in total. The lowest BCUT2D eigenvalue weighted by molar-refractivity contribution is 0.101. The van der Waals surface area contributed by atoms with Crippen molar-refractivity contribution < 1.29 is 33.2 Å². The van der Waals surface area contributed by atoms with Crippen LogP contribution in [0.3, 0.4) is 0 Å². The van der Waals surface area contributed by atoms with Crippen LogP contribution in [0.15, 0.2) is 89.2 Å². The highest BCUT2D eigenvalue weighted by molar-refractivity contribution is 5.99. The van der Waals surface area contributed by atoms with E-state index in [0.29, 0.717) is 22.6 Å². The summed E-state index contributed by atoms with van der Waals surface area (Å²) in [5.74, 6) is 0.829. The predicted octanol–water partition coefficient (Wildman–Crippen LogP) is 7.48. The molecule has 0 fully saturated rings. The first-order chi connectivity index (χ1) is 17.3. The first kappa shape index (κ1) is 27.6. The number of Topliss-reactive ketones (excluding diaryl/α,β-unsaturated/α-hetero) is 1. The molecule has 0 radical (unpaired) electrons. The fourth-order valence-corrected chi connectivity index (χ4v) is 3.71. The van der Waals surface area contributed by atoms with Gasteiger partial charge in [0.05, 0.1) is 43.1 Å². The minimum absolute atomic E-state index is 0.134. The molecule has 0 saturated carbocycles. The number of hydrogen-bond donors (Lipinski definition) is 0. The summed E-state index contributed by atoms with van der Waals surface area (Å²) < 4.78 is 34.0. The second kappa shape index (κ2) is 12.7. The van der Waals surface area contributed by atoms with Gasteiger partial charge in [0.15, 0.2) is 28.8 Å². The maximum atomic E-state index is 12.6. The van der Waals surface area contributed by atoms with Crippen LogP contribution in [0.25, 0.3) is 0 Å². The van der Waals surface area contributed by atoms with Crippen LogP contribution in [-0.2, 0) is 0 Å². The zero-order valence-electron chi connectivity index (χ0n) is 20.8. The Hall–Kier alpha value is -4.65. The molecule has 1 atom stereocenters. The molecule has 0 aliphatic rings. The van der Waals surface area contributed by atoms with E-state index in [1.807, 2.05) is 19.9 Å². The highest BCUT2D eigenvalue weighted by atomic mass is 16.5. The molecule has 0 N–H and O–H groups in total. The second-order valence-corrected chi connectivity index (χ2v) is 7.26. The van der Waals surface area contributed by atoms with E-state index in [0.717, 1.165) is 5.56 Å². The smallest absolute Gasteiger partial charge is 0.212 e. The summed E-state index contributed by atoms with van der Waals surface area (Å²) in [5.41, 5.74) is 2.23. The first-order valence-electron chi connectivity index (χ1n) is 10.9. The number of ketones is 1. The molecule has 1 unspecified atom stereocenters. The van der Waals surface area contributed by atoms with E-state index >= 15 is 0 Å². The lowest BCUT2D eigenvalue weighted by Crippen LogP contribution is -2.09. The van der Waals surface area contributed by atoms with Gasteiger partial charge in [-0.15, -0.1) is 0 Å². The van der Waals surface area contributed by atoms with Gasteiger partial charge in [0.25, 0.3) is 0 Å². The maximum Gasteiger partial charge on any atom is 0.212 e. The van der Waals surface area contributed by atoms with E-state index in [4.69, 9.17) is 28.4 Å². The molecular weight excluding hydrogens is 460 g/mol. The van der Waals surface area contributed by atoms with Gasteiger partial charge in [0, 0.05) is 17.0 Å². The first-order valence-corrected chi connectivity index (χ1v) is 10.9. The van der Waals surface area contributed by atoms with Crippen LogP contribution in [0.1, 0.15) is 46.8 Å². The molecule has 0 saturated heterocycles. The van der Waals surface area contributed by atoms with E-state index in [-0.39, 0.29) is 34.3 Å². The van der Waals surface area contributed by atoms with E-state index in [9.17, 15) is 4.79 Å². The molecule has 188 valence electrons. The highest BCUT2D eigenvalue weighted by Gasteiger charge is 2.30. The van der Waals surface area contributed by atoms with Gasteiger partial charge in [0.1, 0.15) is 0 Å². The standard InChI is InChI=1S/C29H30O7/c1-10-31-24-18(7)16-21(25(32-11-2)28(24)35-14-5)19(8)22-17-23(20(9)30)27(34-13-4)29(36-15-6)26(22)33-12-3/h10-17,19H,1-6H2,7-9H3. The molecule has 0 heterocycles. The fourth-order valence-electron chi connectivity index (χ4n) is 3.71.